The van der Waals surface area contributed by atoms with E-state index in [4.69, 9.17) is 9.15 Å². The van der Waals surface area contributed by atoms with Gasteiger partial charge in [-0.15, -0.1) is 0 Å². The van der Waals surface area contributed by atoms with E-state index in [1.165, 1.54) is 12.5 Å². The molecule has 3 unspecified atom stereocenters. The van der Waals surface area contributed by atoms with Gasteiger partial charge in [0.25, 0.3) is 5.89 Å². The van der Waals surface area contributed by atoms with E-state index >= 15 is 0 Å². The molecule has 1 aromatic rings. The van der Waals surface area contributed by atoms with Crippen molar-refractivity contribution in [1.29, 1.82) is 0 Å². The smallest absolute Gasteiger partial charge is 0.307 e. The minimum Gasteiger partial charge on any atom is -0.441 e. The van der Waals surface area contributed by atoms with Crippen molar-refractivity contribution in [3.05, 3.63) is 18.4 Å². The van der Waals surface area contributed by atoms with Gasteiger partial charge in [-0.3, -0.25) is 4.79 Å². The fourth-order valence-electron chi connectivity index (χ4n) is 1.64. The van der Waals surface area contributed by atoms with Gasteiger partial charge in [-0.2, -0.15) is 0 Å². The van der Waals surface area contributed by atoms with E-state index in [-0.39, 0.29) is 12.4 Å². The Kier molecular flexibility index (Phi) is 3.72. The lowest BCUT2D eigenvalue weighted by Gasteiger charge is -2.31. The first kappa shape index (κ1) is 12.0. The van der Waals surface area contributed by atoms with Crippen molar-refractivity contribution < 1.29 is 24.2 Å². The second-order valence-electron chi connectivity index (χ2n) is 3.80. The van der Waals surface area contributed by atoms with Crippen LogP contribution in [0.3, 0.4) is 0 Å². The van der Waals surface area contributed by atoms with Gasteiger partial charge in [0, 0.05) is 13.2 Å². The van der Waals surface area contributed by atoms with Crippen LogP contribution in [-0.4, -0.2) is 52.6 Å². The standard InChI is InChI=1S/C10H14N2O5/c13-6-1-3-16-7(8(6)14)5-12-9(15)10-11-2-4-17-10/h2,4,6-8,13-14H,1,3,5H2,(H,12,15). The van der Waals surface area contributed by atoms with Crippen LogP contribution in [0.4, 0.5) is 0 Å². The highest BCUT2D eigenvalue weighted by Crippen LogP contribution is 2.14. The Bertz CT molecular complexity index is 367. The third kappa shape index (κ3) is 2.82. The number of hydrogen-bond acceptors (Lipinski definition) is 6. The maximum atomic E-state index is 11.5. The summed E-state index contributed by atoms with van der Waals surface area (Å²) in [6.07, 6.45) is 0.638. The number of carbonyl (C=O) groups is 1. The van der Waals surface area contributed by atoms with Crippen molar-refractivity contribution >= 4 is 5.91 Å². The number of aromatic nitrogens is 1. The maximum Gasteiger partial charge on any atom is 0.307 e. The first-order chi connectivity index (χ1) is 8.18. The number of rotatable bonds is 3. The van der Waals surface area contributed by atoms with E-state index in [0.717, 1.165) is 0 Å². The highest BCUT2D eigenvalue weighted by molar-refractivity contribution is 5.89. The molecular weight excluding hydrogens is 228 g/mol. The topological polar surface area (TPSA) is 105 Å². The van der Waals surface area contributed by atoms with Crippen LogP contribution in [0.5, 0.6) is 0 Å². The summed E-state index contributed by atoms with van der Waals surface area (Å²) in [7, 11) is 0. The Morgan fingerprint density at radius 3 is 3.12 bits per heavy atom. The average molecular weight is 242 g/mol. The Balaban J connectivity index is 1.83. The zero-order chi connectivity index (χ0) is 12.3. The zero-order valence-electron chi connectivity index (χ0n) is 9.07. The van der Waals surface area contributed by atoms with E-state index in [1.807, 2.05) is 0 Å². The van der Waals surface area contributed by atoms with Gasteiger partial charge in [-0.25, -0.2) is 4.98 Å². The number of nitrogens with one attached hydrogen (secondary N) is 1. The lowest BCUT2D eigenvalue weighted by molar-refractivity contribution is -0.132. The van der Waals surface area contributed by atoms with Crippen LogP contribution in [0.25, 0.3) is 0 Å². The van der Waals surface area contributed by atoms with Crippen LogP contribution in [0.1, 0.15) is 17.1 Å². The van der Waals surface area contributed by atoms with Gasteiger partial charge >= 0.3 is 5.91 Å². The van der Waals surface area contributed by atoms with E-state index in [1.54, 1.807) is 0 Å². The Morgan fingerprint density at radius 2 is 2.41 bits per heavy atom. The molecule has 3 atom stereocenters. The fourth-order valence-corrected chi connectivity index (χ4v) is 1.64. The number of nitrogens with zero attached hydrogens (tertiary/aromatic N) is 1. The lowest BCUT2D eigenvalue weighted by atomic mass is 10.0. The monoisotopic (exact) mass is 242 g/mol. The van der Waals surface area contributed by atoms with Gasteiger partial charge in [-0.05, 0) is 6.42 Å². The molecule has 7 heteroatoms. The van der Waals surface area contributed by atoms with Crippen LogP contribution >= 0.6 is 0 Å². The third-order valence-electron chi connectivity index (χ3n) is 2.61. The van der Waals surface area contributed by atoms with Gasteiger partial charge in [0.15, 0.2) is 0 Å². The minimum absolute atomic E-state index is 0.0455. The average Bonchev–Trinajstić information content (AvgIpc) is 2.84. The summed E-state index contributed by atoms with van der Waals surface area (Å²) in [6, 6.07) is 0. The molecule has 0 bridgehead atoms. The molecule has 0 aromatic carbocycles. The number of hydrogen-bond donors (Lipinski definition) is 3. The second-order valence-corrected chi connectivity index (χ2v) is 3.80. The number of amides is 1. The Hall–Kier alpha value is -1.44. The molecule has 1 saturated heterocycles. The molecule has 1 aliphatic rings. The normalized spacial score (nSPS) is 28.9. The number of aliphatic hydroxyl groups excluding tert-OH is 2. The molecule has 2 rings (SSSR count). The Morgan fingerprint density at radius 1 is 1.59 bits per heavy atom. The van der Waals surface area contributed by atoms with E-state index < -0.39 is 24.2 Å². The lowest BCUT2D eigenvalue weighted by Crippen LogP contribution is -2.49. The number of ether oxygens (including phenoxy) is 1. The molecule has 1 aromatic heterocycles. The van der Waals surface area contributed by atoms with Crippen molar-refractivity contribution in [3.63, 3.8) is 0 Å². The number of carbonyl (C=O) groups excluding carboxylic acids is 1. The minimum atomic E-state index is -0.992. The molecule has 3 N–H and O–H groups in total. The second kappa shape index (κ2) is 5.26. The predicted octanol–water partition coefficient (Wildman–Crippen LogP) is -1.08. The predicted molar refractivity (Wildman–Crippen MR) is 55.2 cm³/mol. The molecule has 1 aliphatic heterocycles. The van der Waals surface area contributed by atoms with Crippen molar-refractivity contribution in [2.75, 3.05) is 13.2 Å². The van der Waals surface area contributed by atoms with Crippen LogP contribution < -0.4 is 5.32 Å². The summed E-state index contributed by atoms with van der Waals surface area (Å²) < 4.78 is 10.1. The summed E-state index contributed by atoms with van der Waals surface area (Å²) in [5.74, 6) is -0.526. The largest absolute Gasteiger partial charge is 0.441 e. The zero-order valence-corrected chi connectivity index (χ0v) is 9.07. The van der Waals surface area contributed by atoms with Crippen molar-refractivity contribution in [3.8, 4) is 0 Å². The van der Waals surface area contributed by atoms with Gasteiger partial charge in [0.1, 0.15) is 18.5 Å². The van der Waals surface area contributed by atoms with Gasteiger partial charge < -0.3 is 24.7 Å². The van der Waals surface area contributed by atoms with Crippen molar-refractivity contribution in [2.24, 2.45) is 0 Å². The summed E-state index contributed by atoms with van der Waals surface area (Å²) in [4.78, 5) is 15.2. The molecule has 0 aliphatic carbocycles. The number of aliphatic hydroxyl groups is 2. The van der Waals surface area contributed by atoms with Gasteiger partial charge in [0.2, 0.25) is 0 Å². The molecule has 7 nitrogen and oxygen atoms in total. The third-order valence-corrected chi connectivity index (χ3v) is 2.61. The molecule has 1 fully saturated rings. The van der Waals surface area contributed by atoms with Gasteiger partial charge in [0.05, 0.1) is 12.3 Å². The number of oxazole rings is 1. The van der Waals surface area contributed by atoms with Gasteiger partial charge in [-0.1, -0.05) is 0 Å². The molecular formula is C10H14N2O5. The molecule has 94 valence electrons. The van der Waals surface area contributed by atoms with E-state index in [9.17, 15) is 15.0 Å². The maximum absolute atomic E-state index is 11.5. The first-order valence-electron chi connectivity index (χ1n) is 5.34. The van der Waals surface area contributed by atoms with Crippen molar-refractivity contribution in [1.82, 2.24) is 10.3 Å². The summed E-state index contributed by atoms with van der Waals surface area (Å²) in [6.45, 7) is 0.456. The molecule has 2 heterocycles. The van der Waals surface area contributed by atoms with E-state index in [2.05, 4.69) is 10.3 Å². The Labute approximate surface area is 97.4 Å². The fraction of sp³-hybridized carbons (Fsp3) is 0.600. The highest BCUT2D eigenvalue weighted by atomic mass is 16.5. The first-order valence-corrected chi connectivity index (χ1v) is 5.34. The van der Waals surface area contributed by atoms with Crippen LogP contribution in [0, 0.1) is 0 Å². The van der Waals surface area contributed by atoms with Crippen LogP contribution in [0.15, 0.2) is 16.9 Å². The van der Waals surface area contributed by atoms with E-state index in [0.29, 0.717) is 13.0 Å². The summed E-state index contributed by atoms with van der Waals surface area (Å²) >= 11 is 0. The molecule has 0 radical (unpaired) electrons. The SMILES string of the molecule is O=C(NCC1OCCC(O)C1O)c1ncco1. The molecule has 0 saturated carbocycles. The summed E-state index contributed by atoms with van der Waals surface area (Å²) in [5, 5.41) is 21.6. The van der Waals surface area contributed by atoms with Crippen LogP contribution in [0.2, 0.25) is 0 Å². The molecule has 0 spiro atoms. The highest BCUT2D eigenvalue weighted by Gasteiger charge is 2.31. The molecule has 1 amide bonds. The summed E-state index contributed by atoms with van der Waals surface area (Å²) in [5.41, 5.74) is 0. The quantitative estimate of drug-likeness (QED) is 0.622. The molecule has 17 heavy (non-hydrogen) atoms. The van der Waals surface area contributed by atoms with Crippen molar-refractivity contribution in [2.45, 2.75) is 24.7 Å². The van der Waals surface area contributed by atoms with Crippen LogP contribution in [-0.2, 0) is 4.74 Å².